The third-order valence-electron chi connectivity index (χ3n) is 3.25. The van der Waals surface area contributed by atoms with E-state index in [1.165, 1.54) is 0 Å². The van der Waals surface area contributed by atoms with Gasteiger partial charge in [0.1, 0.15) is 5.82 Å². The fraction of sp³-hybridized carbons (Fsp3) is 0.333. The number of nitrogens with zero attached hydrogens (tertiary/aromatic N) is 2. The number of carbonyl (C=O) groups excluding carboxylic acids is 1. The van der Waals surface area contributed by atoms with Gasteiger partial charge in [-0.3, -0.25) is 0 Å². The van der Waals surface area contributed by atoms with E-state index in [1.807, 2.05) is 62.0 Å². The minimum absolute atomic E-state index is 0.207. The maximum absolute atomic E-state index is 12.0. The average molecular weight is 272 g/mol. The molecule has 0 fully saturated rings. The number of hydrogen-bond donors (Lipinski definition) is 2. The summed E-state index contributed by atoms with van der Waals surface area (Å²) in [6.45, 7) is 4.35. The van der Waals surface area contributed by atoms with Gasteiger partial charge in [-0.2, -0.15) is 0 Å². The van der Waals surface area contributed by atoms with Crippen LogP contribution in [0.4, 0.5) is 4.79 Å². The molecule has 2 amide bonds. The van der Waals surface area contributed by atoms with Crippen LogP contribution in [0.5, 0.6) is 0 Å². The number of nitrogens with one attached hydrogen (secondary N) is 2. The van der Waals surface area contributed by atoms with Crippen LogP contribution in [0.2, 0.25) is 0 Å². The highest BCUT2D eigenvalue weighted by Gasteiger charge is 2.22. The van der Waals surface area contributed by atoms with Crippen LogP contribution in [0.3, 0.4) is 0 Å². The number of aryl methyl sites for hydroxylation is 1. The van der Waals surface area contributed by atoms with E-state index >= 15 is 0 Å². The van der Waals surface area contributed by atoms with Crippen molar-refractivity contribution in [2.75, 3.05) is 0 Å². The fourth-order valence-electron chi connectivity index (χ4n) is 1.98. The molecular formula is C15H20N4O. The number of hydrogen-bond acceptors (Lipinski definition) is 2. The molecule has 0 saturated carbocycles. The highest BCUT2D eigenvalue weighted by atomic mass is 16.2. The standard InChI is InChI=1S/C15H20N4O/c1-15(2,12-7-5-4-6-8-12)18-14(20)17-11-13-16-9-10-19(13)3/h4-10H,11H2,1-3H3,(H2,17,18,20). The number of aromatic nitrogens is 2. The van der Waals surface area contributed by atoms with Gasteiger partial charge in [-0.1, -0.05) is 30.3 Å². The van der Waals surface area contributed by atoms with Gasteiger partial charge in [0.05, 0.1) is 12.1 Å². The van der Waals surface area contributed by atoms with Gasteiger partial charge in [0, 0.05) is 19.4 Å². The van der Waals surface area contributed by atoms with Crippen LogP contribution < -0.4 is 10.6 Å². The van der Waals surface area contributed by atoms with E-state index < -0.39 is 5.54 Å². The molecule has 1 aromatic heterocycles. The smallest absolute Gasteiger partial charge is 0.315 e. The summed E-state index contributed by atoms with van der Waals surface area (Å²) in [4.78, 5) is 16.1. The molecule has 0 radical (unpaired) electrons. The van der Waals surface area contributed by atoms with Gasteiger partial charge < -0.3 is 15.2 Å². The summed E-state index contributed by atoms with van der Waals surface area (Å²) >= 11 is 0. The monoisotopic (exact) mass is 272 g/mol. The Morgan fingerprint density at radius 3 is 2.60 bits per heavy atom. The van der Waals surface area contributed by atoms with E-state index in [-0.39, 0.29) is 6.03 Å². The van der Waals surface area contributed by atoms with E-state index in [9.17, 15) is 4.79 Å². The molecule has 0 saturated heterocycles. The Balaban J connectivity index is 1.93. The third kappa shape index (κ3) is 3.38. The quantitative estimate of drug-likeness (QED) is 0.896. The second kappa shape index (κ2) is 5.77. The van der Waals surface area contributed by atoms with E-state index in [4.69, 9.17) is 0 Å². The summed E-state index contributed by atoms with van der Waals surface area (Å²) < 4.78 is 1.88. The lowest BCUT2D eigenvalue weighted by atomic mass is 9.95. The molecule has 0 aliphatic carbocycles. The fourth-order valence-corrected chi connectivity index (χ4v) is 1.98. The van der Waals surface area contributed by atoms with Crippen molar-refractivity contribution in [3.05, 3.63) is 54.1 Å². The minimum Gasteiger partial charge on any atom is -0.337 e. The zero-order valence-electron chi connectivity index (χ0n) is 12.1. The van der Waals surface area contributed by atoms with Crippen molar-refractivity contribution in [2.24, 2.45) is 7.05 Å². The first kappa shape index (κ1) is 14.1. The van der Waals surface area contributed by atoms with Crippen molar-refractivity contribution >= 4 is 6.03 Å². The summed E-state index contributed by atoms with van der Waals surface area (Å²) in [7, 11) is 1.90. The lowest BCUT2D eigenvalue weighted by Crippen LogP contribution is -2.46. The van der Waals surface area contributed by atoms with E-state index in [2.05, 4.69) is 15.6 Å². The Morgan fingerprint density at radius 2 is 2.00 bits per heavy atom. The summed E-state index contributed by atoms with van der Waals surface area (Å²) in [5.74, 6) is 0.817. The van der Waals surface area contributed by atoms with Crippen LogP contribution >= 0.6 is 0 Å². The van der Waals surface area contributed by atoms with Crippen LogP contribution in [0.15, 0.2) is 42.7 Å². The number of rotatable bonds is 4. The van der Waals surface area contributed by atoms with E-state index in [0.717, 1.165) is 11.4 Å². The largest absolute Gasteiger partial charge is 0.337 e. The summed E-state index contributed by atoms with van der Waals surface area (Å²) in [5.41, 5.74) is 0.639. The third-order valence-corrected chi connectivity index (χ3v) is 3.25. The van der Waals surface area contributed by atoms with E-state index in [0.29, 0.717) is 6.54 Å². The van der Waals surface area contributed by atoms with Crippen molar-refractivity contribution in [2.45, 2.75) is 25.9 Å². The maximum atomic E-state index is 12.0. The van der Waals surface area contributed by atoms with Gasteiger partial charge in [0.2, 0.25) is 0 Å². The molecule has 0 bridgehead atoms. The Hall–Kier alpha value is -2.30. The molecule has 0 unspecified atom stereocenters. The Bertz CT molecular complexity index is 575. The molecule has 0 aliphatic rings. The van der Waals surface area contributed by atoms with E-state index in [1.54, 1.807) is 6.20 Å². The highest BCUT2D eigenvalue weighted by molar-refractivity contribution is 5.74. The molecule has 0 spiro atoms. The Kier molecular flexibility index (Phi) is 4.08. The number of benzene rings is 1. The molecule has 2 N–H and O–H groups in total. The van der Waals surface area contributed by atoms with Gasteiger partial charge in [-0.15, -0.1) is 0 Å². The zero-order valence-corrected chi connectivity index (χ0v) is 12.1. The topological polar surface area (TPSA) is 59.0 Å². The lowest BCUT2D eigenvalue weighted by molar-refractivity contribution is 0.229. The first-order valence-corrected chi connectivity index (χ1v) is 6.57. The molecule has 2 aromatic rings. The number of imidazole rings is 1. The molecule has 5 heteroatoms. The van der Waals surface area contributed by atoms with Crippen molar-refractivity contribution in [1.29, 1.82) is 0 Å². The van der Waals surface area contributed by atoms with Crippen LogP contribution in [0, 0.1) is 0 Å². The molecule has 0 aliphatic heterocycles. The minimum atomic E-state index is -0.424. The van der Waals surface area contributed by atoms with Gasteiger partial charge in [0.25, 0.3) is 0 Å². The SMILES string of the molecule is Cn1ccnc1CNC(=O)NC(C)(C)c1ccccc1. The summed E-state index contributed by atoms with van der Waals surface area (Å²) in [5, 5.41) is 5.79. The Morgan fingerprint density at radius 1 is 1.30 bits per heavy atom. The van der Waals surface area contributed by atoms with Gasteiger partial charge in [-0.25, -0.2) is 9.78 Å². The number of urea groups is 1. The molecular weight excluding hydrogens is 252 g/mol. The average Bonchev–Trinajstić information content (AvgIpc) is 2.82. The van der Waals surface area contributed by atoms with Crippen molar-refractivity contribution in [1.82, 2.24) is 20.2 Å². The molecule has 1 heterocycles. The van der Waals surface area contributed by atoms with Crippen LogP contribution in [0.25, 0.3) is 0 Å². The van der Waals surface area contributed by atoms with Gasteiger partial charge in [-0.05, 0) is 19.4 Å². The molecule has 20 heavy (non-hydrogen) atoms. The Labute approximate surface area is 119 Å². The lowest BCUT2D eigenvalue weighted by Gasteiger charge is -2.27. The summed E-state index contributed by atoms with van der Waals surface area (Å²) in [6.07, 6.45) is 3.56. The molecule has 5 nitrogen and oxygen atoms in total. The first-order valence-electron chi connectivity index (χ1n) is 6.57. The highest BCUT2D eigenvalue weighted by Crippen LogP contribution is 2.18. The zero-order chi connectivity index (χ0) is 14.6. The summed E-state index contributed by atoms with van der Waals surface area (Å²) in [6, 6.07) is 9.68. The van der Waals surface area contributed by atoms with Crippen molar-refractivity contribution < 1.29 is 4.79 Å². The first-order chi connectivity index (χ1) is 9.49. The molecule has 0 atom stereocenters. The predicted molar refractivity (Wildman–Crippen MR) is 78.0 cm³/mol. The number of amides is 2. The second-order valence-corrected chi connectivity index (χ2v) is 5.25. The van der Waals surface area contributed by atoms with Crippen molar-refractivity contribution in [3.8, 4) is 0 Å². The molecule has 106 valence electrons. The number of carbonyl (C=O) groups is 1. The second-order valence-electron chi connectivity index (χ2n) is 5.25. The predicted octanol–water partition coefficient (Wildman–Crippen LogP) is 2.15. The van der Waals surface area contributed by atoms with Gasteiger partial charge in [0.15, 0.2) is 0 Å². The maximum Gasteiger partial charge on any atom is 0.315 e. The normalized spacial score (nSPS) is 11.2. The van der Waals surface area contributed by atoms with Crippen LogP contribution in [0.1, 0.15) is 25.2 Å². The van der Waals surface area contributed by atoms with Crippen LogP contribution in [-0.2, 0) is 19.1 Å². The molecule has 1 aromatic carbocycles. The van der Waals surface area contributed by atoms with Crippen LogP contribution in [-0.4, -0.2) is 15.6 Å². The van der Waals surface area contributed by atoms with Gasteiger partial charge >= 0.3 is 6.03 Å². The van der Waals surface area contributed by atoms with Crippen molar-refractivity contribution in [3.63, 3.8) is 0 Å². The molecule has 2 rings (SSSR count).